The molecule has 0 aromatic heterocycles. The summed E-state index contributed by atoms with van der Waals surface area (Å²) in [6.07, 6.45) is 0.935. The van der Waals surface area contributed by atoms with Gasteiger partial charge in [0.1, 0.15) is 5.78 Å². The molecule has 1 nitrogen and oxygen atoms in total. The number of alkyl halides is 1. The molecule has 0 aliphatic heterocycles. The monoisotopic (exact) mass is 318 g/mol. The second-order valence-corrected chi connectivity index (χ2v) is 5.00. The molecule has 0 saturated carbocycles. The van der Waals surface area contributed by atoms with Gasteiger partial charge in [0.15, 0.2) is 0 Å². The molecule has 1 rings (SSSR count). The number of rotatable bonds is 3. The van der Waals surface area contributed by atoms with Crippen molar-refractivity contribution < 1.29 is 4.79 Å². The predicted molar refractivity (Wildman–Crippen MR) is 65.9 cm³/mol. The third-order valence-electron chi connectivity index (χ3n) is 2.12. The van der Waals surface area contributed by atoms with Crippen LogP contribution < -0.4 is 0 Å². The lowest BCUT2D eigenvalue weighted by Gasteiger charge is -2.11. The third kappa shape index (κ3) is 2.67. The Morgan fingerprint density at radius 2 is 2.14 bits per heavy atom. The molecule has 0 amide bonds. The summed E-state index contributed by atoms with van der Waals surface area (Å²) in [7, 11) is 0. The number of hydrogen-bond acceptors (Lipinski definition) is 1. The molecule has 0 heterocycles. The summed E-state index contributed by atoms with van der Waals surface area (Å²) in [5.74, 6) is 0.141. The number of halogens is 2. The standard InChI is InChI=1S/C11H12Br2O/c1-3-8-6-9(12)4-5-10(8)11(13)7(2)14/h4-6,11H,3H2,1-2H3. The van der Waals surface area contributed by atoms with Gasteiger partial charge in [0, 0.05) is 4.47 Å². The van der Waals surface area contributed by atoms with Crippen molar-refractivity contribution in [2.45, 2.75) is 25.1 Å². The van der Waals surface area contributed by atoms with E-state index in [9.17, 15) is 4.79 Å². The molecule has 0 N–H and O–H groups in total. The Morgan fingerprint density at radius 3 is 2.64 bits per heavy atom. The predicted octanol–water partition coefficient (Wildman–Crippen LogP) is 4.04. The summed E-state index contributed by atoms with van der Waals surface area (Å²) in [6.45, 7) is 3.69. The van der Waals surface area contributed by atoms with Gasteiger partial charge in [0.25, 0.3) is 0 Å². The van der Waals surface area contributed by atoms with Crippen LogP contribution >= 0.6 is 31.9 Å². The van der Waals surface area contributed by atoms with Crippen LogP contribution in [0.1, 0.15) is 29.8 Å². The lowest BCUT2D eigenvalue weighted by molar-refractivity contribution is -0.116. The van der Waals surface area contributed by atoms with Gasteiger partial charge in [0.2, 0.25) is 0 Å². The Balaban J connectivity index is 3.13. The number of carbonyl (C=O) groups excluding carboxylic acids is 1. The normalized spacial score (nSPS) is 12.6. The molecule has 0 aliphatic carbocycles. The van der Waals surface area contributed by atoms with E-state index in [-0.39, 0.29) is 10.6 Å². The van der Waals surface area contributed by atoms with Crippen LogP contribution in [0.4, 0.5) is 0 Å². The Morgan fingerprint density at radius 1 is 1.50 bits per heavy atom. The van der Waals surface area contributed by atoms with Gasteiger partial charge in [-0.1, -0.05) is 44.8 Å². The van der Waals surface area contributed by atoms with Crippen LogP contribution in [0.15, 0.2) is 22.7 Å². The summed E-state index contributed by atoms with van der Waals surface area (Å²) in [6, 6.07) is 6.02. The van der Waals surface area contributed by atoms with E-state index in [4.69, 9.17) is 0 Å². The van der Waals surface area contributed by atoms with Crippen molar-refractivity contribution in [2.75, 3.05) is 0 Å². The van der Waals surface area contributed by atoms with Crippen molar-refractivity contribution in [3.8, 4) is 0 Å². The van der Waals surface area contributed by atoms with E-state index in [2.05, 4.69) is 44.8 Å². The molecule has 1 atom stereocenters. The molecule has 0 radical (unpaired) electrons. The van der Waals surface area contributed by atoms with E-state index in [0.717, 1.165) is 16.5 Å². The number of carbonyl (C=O) groups is 1. The van der Waals surface area contributed by atoms with E-state index in [1.807, 2.05) is 12.1 Å². The summed E-state index contributed by atoms with van der Waals surface area (Å²) >= 11 is 6.82. The topological polar surface area (TPSA) is 17.1 Å². The van der Waals surface area contributed by atoms with Gasteiger partial charge in [-0.15, -0.1) is 0 Å². The quantitative estimate of drug-likeness (QED) is 0.769. The zero-order valence-corrected chi connectivity index (χ0v) is 11.4. The van der Waals surface area contributed by atoms with E-state index in [1.54, 1.807) is 6.92 Å². The first kappa shape index (κ1) is 11.9. The molecule has 76 valence electrons. The Labute approximate surface area is 101 Å². The van der Waals surface area contributed by atoms with Gasteiger partial charge in [-0.05, 0) is 36.6 Å². The van der Waals surface area contributed by atoms with Crippen molar-refractivity contribution >= 4 is 37.6 Å². The second-order valence-electron chi connectivity index (χ2n) is 3.17. The summed E-state index contributed by atoms with van der Waals surface area (Å²) in [4.78, 5) is 11.1. The highest BCUT2D eigenvalue weighted by atomic mass is 79.9. The highest BCUT2D eigenvalue weighted by Crippen LogP contribution is 2.29. The minimum absolute atomic E-state index is 0.141. The molecular formula is C11H12Br2O. The summed E-state index contributed by atoms with van der Waals surface area (Å²) in [5, 5.41) is 0. The fraction of sp³-hybridized carbons (Fsp3) is 0.364. The zero-order valence-electron chi connectivity index (χ0n) is 8.18. The third-order valence-corrected chi connectivity index (χ3v) is 3.75. The van der Waals surface area contributed by atoms with E-state index in [1.165, 1.54) is 5.56 Å². The maximum absolute atomic E-state index is 11.2. The van der Waals surface area contributed by atoms with Gasteiger partial charge in [-0.3, -0.25) is 4.79 Å². The van der Waals surface area contributed by atoms with Gasteiger partial charge in [-0.2, -0.15) is 0 Å². The first-order chi connectivity index (χ1) is 6.56. The molecule has 0 bridgehead atoms. The lowest BCUT2D eigenvalue weighted by Crippen LogP contribution is -2.04. The average molecular weight is 320 g/mol. The largest absolute Gasteiger partial charge is 0.298 e. The number of ketones is 1. The minimum Gasteiger partial charge on any atom is -0.298 e. The minimum atomic E-state index is -0.175. The van der Waals surface area contributed by atoms with Crippen LogP contribution in [-0.2, 0) is 11.2 Å². The van der Waals surface area contributed by atoms with Gasteiger partial charge < -0.3 is 0 Å². The maximum atomic E-state index is 11.2. The van der Waals surface area contributed by atoms with Gasteiger partial charge >= 0.3 is 0 Å². The molecular weight excluding hydrogens is 308 g/mol. The number of benzene rings is 1. The Bertz CT molecular complexity index is 347. The molecule has 0 aliphatic rings. The molecule has 0 spiro atoms. The molecule has 0 fully saturated rings. The molecule has 3 heteroatoms. The first-order valence-electron chi connectivity index (χ1n) is 4.49. The van der Waals surface area contributed by atoms with Crippen LogP contribution in [0.3, 0.4) is 0 Å². The smallest absolute Gasteiger partial charge is 0.147 e. The van der Waals surface area contributed by atoms with E-state index < -0.39 is 0 Å². The van der Waals surface area contributed by atoms with Gasteiger partial charge in [-0.25, -0.2) is 0 Å². The fourth-order valence-electron chi connectivity index (χ4n) is 1.35. The SMILES string of the molecule is CCc1cc(Br)ccc1C(Br)C(C)=O. The zero-order chi connectivity index (χ0) is 10.7. The molecule has 14 heavy (non-hydrogen) atoms. The Hall–Kier alpha value is -0.150. The molecule has 0 saturated heterocycles. The highest BCUT2D eigenvalue weighted by Gasteiger charge is 2.15. The number of Topliss-reactive ketones (excluding diaryl/α,β-unsaturated/α-hetero) is 1. The maximum Gasteiger partial charge on any atom is 0.147 e. The van der Waals surface area contributed by atoms with Crippen molar-refractivity contribution in [2.24, 2.45) is 0 Å². The average Bonchev–Trinajstić information content (AvgIpc) is 2.16. The van der Waals surface area contributed by atoms with Crippen molar-refractivity contribution in [3.63, 3.8) is 0 Å². The second kappa shape index (κ2) is 5.08. The van der Waals surface area contributed by atoms with Crippen LogP contribution in [0.25, 0.3) is 0 Å². The summed E-state index contributed by atoms with van der Waals surface area (Å²) < 4.78 is 1.06. The number of aryl methyl sites for hydroxylation is 1. The number of hydrogen-bond donors (Lipinski definition) is 0. The van der Waals surface area contributed by atoms with Crippen molar-refractivity contribution in [1.29, 1.82) is 0 Å². The highest BCUT2D eigenvalue weighted by molar-refractivity contribution is 9.10. The Kier molecular flexibility index (Phi) is 4.32. The van der Waals surface area contributed by atoms with Crippen LogP contribution in [0.2, 0.25) is 0 Å². The van der Waals surface area contributed by atoms with Gasteiger partial charge in [0.05, 0.1) is 4.83 Å². The van der Waals surface area contributed by atoms with Crippen LogP contribution in [0, 0.1) is 0 Å². The molecule has 1 unspecified atom stereocenters. The molecule has 1 aromatic carbocycles. The molecule has 1 aromatic rings. The van der Waals surface area contributed by atoms with Crippen molar-refractivity contribution in [3.05, 3.63) is 33.8 Å². The van der Waals surface area contributed by atoms with Crippen LogP contribution in [-0.4, -0.2) is 5.78 Å². The fourth-order valence-corrected chi connectivity index (χ4v) is 2.20. The van der Waals surface area contributed by atoms with E-state index >= 15 is 0 Å². The van der Waals surface area contributed by atoms with Crippen molar-refractivity contribution in [1.82, 2.24) is 0 Å². The summed E-state index contributed by atoms with van der Waals surface area (Å²) in [5.41, 5.74) is 2.28. The first-order valence-corrected chi connectivity index (χ1v) is 6.20. The van der Waals surface area contributed by atoms with Crippen LogP contribution in [0.5, 0.6) is 0 Å². The lowest BCUT2D eigenvalue weighted by atomic mass is 10.0. The van der Waals surface area contributed by atoms with E-state index in [0.29, 0.717) is 0 Å².